The molecule has 0 aliphatic rings. The lowest BCUT2D eigenvalue weighted by Gasteiger charge is -2.25. The quantitative estimate of drug-likeness (QED) is 0.0485. The van der Waals surface area contributed by atoms with Crippen LogP contribution in [0.15, 0.2) is 84.9 Å². The molecule has 0 radical (unpaired) electrons. The Labute approximate surface area is 269 Å². The molecule has 5 N–H and O–H groups in total. The van der Waals surface area contributed by atoms with Gasteiger partial charge < -0.3 is 34.2 Å². The van der Waals surface area contributed by atoms with Gasteiger partial charge in [0, 0.05) is 5.41 Å². The number of rotatable bonds is 17. The van der Waals surface area contributed by atoms with Crippen LogP contribution in [0.2, 0.25) is 0 Å². The third-order valence-corrected chi connectivity index (χ3v) is 6.48. The molecule has 14 heteroatoms. The minimum absolute atomic E-state index is 0.0111. The van der Waals surface area contributed by atoms with Crippen molar-refractivity contribution in [2.24, 2.45) is 11.3 Å². The minimum atomic E-state index is -1.32. The van der Waals surface area contributed by atoms with Gasteiger partial charge in [0.25, 0.3) is 0 Å². The van der Waals surface area contributed by atoms with Gasteiger partial charge >= 0.3 is 11.9 Å². The molecule has 0 unspecified atom stereocenters. The Morgan fingerprint density at radius 2 is 1.30 bits per heavy atom. The summed E-state index contributed by atoms with van der Waals surface area (Å²) in [6, 6.07) is 21.2. The number of hydrogen-bond acceptors (Lipinski definition) is 13. The van der Waals surface area contributed by atoms with Crippen LogP contribution in [-0.2, 0) is 28.0 Å². The minimum Gasteiger partial charge on any atom is -0.508 e. The van der Waals surface area contributed by atoms with E-state index >= 15 is 0 Å². The summed E-state index contributed by atoms with van der Waals surface area (Å²) in [7, 11) is 0. The number of hydrogen-bond donors (Lipinski definition) is 4. The van der Waals surface area contributed by atoms with Crippen LogP contribution in [0.1, 0.15) is 45.7 Å². The van der Waals surface area contributed by atoms with Crippen LogP contribution in [0, 0.1) is 5.41 Å². The number of ether oxygens (including phenoxy) is 3. The number of carboxylic acid groups (broad SMARTS) is 1. The highest BCUT2D eigenvalue weighted by Crippen LogP contribution is 2.26. The number of esters is 1. The van der Waals surface area contributed by atoms with Crippen molar-refractivity contribution in [2.45, 2.75) is 27.1 Å². The van der Waals surface area contributed by atoms with Gasteiger partial charge in [0.05, 0.1) is 24.3 Å². The number of carbonyl (C=O) groups is 2. The van der Waals surface area contributed by atoms with Gasteiger partial charge in [0.15, 0.2) is 11.5 Å². The van der Waals surface area contributed by atoms with Crippen LogP contribution in [0.25, 0.3) is 0 Å². The predicted molar refractivity (Wildman–Crippen MR) is 163 cm³/mol. The average molecular weight is 652 g/mol. The molecule has 0 aliphatic carbocycles. The van der Waals surface area contributed by atoms with Gasteiger partial charge in [0.2, 0.25) is 0 Å². The van der Waals surface area contributed by atoms with Crippen LogP contribution >= 0.6 is 0 Å². The molecule has 0 aromatic heterocycles. The largest absolute Gasteiger partial charge is 0.508 e. The SMILES string of the molecule is CC(C)(COc1ccc(OOCc2cc(O)ccc2COO)cc1)COc1ccc(OC(=O)c2cc(OON)ccc2C(=O)O)cc1. The second-order valence-corrected chi connectivity index (χ2v) is 10.8. The van der Waals surface area contributed by atoms with E-state index in [9.17, 15) is 19.8 Å². The molecule has 47 heavy (non-hydrogen) atoms. The highest BCUT2D eigenvalue weighted by Gasteiger charge is 2.22. The molecule has 0 saturated heterocycles. The summed E-state index contributed by atoms with van der Waals surface area (Å²) in [5, 5.41) is 27.8. The van der Waals surface area contributed by atoms with Crippen LogP contribution < -0.4 is 29.9 Å². The fraction of sp³-hybridized carbons (Fsp3) is 0.212. The zero-order valence-corrected chi connectivity index (χ0v) is 25.4. The van der Waals surface area contributed by atoms with E-state index < -0.39 is 17.4 Å². The highest BCUT2D eigenvalue weighted by atomic mass is 17.3. The van der Waals surface area contributed by atoms with Crippen molar-refractivity contribution in [3.63, 3.8) is 0 Å². The summed E-state index contributed by atoms with van der Waals surface area (Å²) in [6.07, 6.45) is 0. The maximum absolute atomic E-state index is 12.7. The molecule has 0 fully saturated rings. The van der Waals surface area contributed by atoms with Gasteiger partial charge in [-0.2, -0.15) is 10.8 Å². The maximum Gasteiger partial charge on any atom is 0.344 e. The zero-order chi connectivity index (χ0) is 33.8. The molecule has 0 spiro atoms. The molecular formula is C33H33NO13. The molecule has 0 aliphatic heterocycles. The van der Waals surface area contributed by atoms with E-state index in [1.165, 1.54) is 36.4 Å². The average Bonchev–Trinajstić information content (AvgIpc) is 3.05. The Hall–Kier alpha value is -5.38. The number of phenols is 1. The van der Waals surface area contributed by atoms with E-state index in [0.29, 0.717) is 41.6 Å². The van der Waals surface area contributed by atoms with Crippen molar-refractivity contribution in [3.8, 4) is 34.5 Å². The molecule has 0 bridgehead atoms. The first-order valence-electron chi connectivity index (χ1n) is 14.0. The van der Waals surface area contributed by atoms with Gasteiger partial charge in [-0.15, -0.1) is 0 Å². The number of aromatic hydroxyl groups is 1. The third-order valence-electron chi connectivity index (χ3n) is 6.48. The summed E-state index contributed by atoms with van der Waals surface area (Å²) >= 11 is 0. The summed E-state index contributed by atoms with van der Waals surface area (Å²) in [5.74, 6) is 4.41. The zero-order valence-electron chi connectivity index (χ0n) is 25.4. The van der Waals surface area contributed by atoms with Gasteiger partial charge in [-0.1, -0.05) is 24.9 Å². The molecular weight excluding hydrogens is 618 g/mol. The smallest absolute Gasteiger partial charge is 0.344 e. The van der Waals surface area contributed by atoms with Crippen molar-refractivity contribution in [3.05, 3.63) is 107 Å². The molecule has 0 amide bonds. The fourth-order valence-corrected chi connectivity index (χ4v) is 4.06. The van der Waals surface area contributed by atoms with Crippen LogP contribution in [-0.4, -0.2) is 40.6 Å². The Morgan fingerprint density at radius 3 is 1.89 bits per heavy atom. The Kier molecular flexibility index (Phi) is 11.9. The highest BCUT2D eigenvalue weighted by molar-refractivity contribution is 6.03. The van der Waals surface area contributed by atoms with Gasteiger partial charge in [-0.05, 0) is 90.0 Å². The number of phenolic OH excluding ortho intramolecular Hbond substituents is 1. The summed E-state index contributed by atoms with van der Waals surface area (Å²) in [6.45, 7) is 4.53. The van der Waals surface area contributed by atoms with Gasteiger partial charge in [-0.3, -0.25) is 5.26 Å². The standard InChI is InChI=1S/C33H33NO13/c1-33(2,20-41-25-7-11-27(12-8-25)45-43-18-22-15-23(35)4-3-21(22)17-42-39)19-40-24-5-9-26(10-6-24)44-32(38)30-16-28(46-47-34)13-14-29(30)31(36)37/h3-16,35,39H,17-20,34H2,1-2H3,(H,36,37). The van der Waals surface area contributed by atoms with Crippen LogP contribution in [0.4, 0.5) is 0 Å². The molecule has 14 nitrogen and oxygen atoms in total. The lowest BCUT2D eigenvalue weighted by molar-refractivity contribution is -0.253. The number of nitrogens with two attached hydrogens (primary N) is 1. The van der Waals surface area contributed by atoms with E-state index in [0.717, 1.165) is 6.07 Å². The first-order chi connectivity index (χ1) is 22.6. The van der Waals surface area contributed by atoms with Crippen molar-refractivity contribution in [1.82, 2.24) is 0 Å². The monoisotopic (exact) mass is 651 g/mol. The number of carboxylic acids is 1. The number of carbonyl (C=O) groups excluding carboxylic acids is 1. The second-order valence-electron chi connectivity index (χ2n) is 10.8. The number of aromatic carboxylic acids is 1. The number of benzene rings is 4. The lowest BCUT2D eigenvalue weighted by Crippen LogP contribution is -2.28. The van der Waals surface area contributed by atoms with E-state index in [1.54, 1.807) is 42.5 Å². The van der Waals surface area contributed by atoms with Crippen molar-refractivity contribution in [1.29, 1.82) is 0 Å². The summed E-state index contributed by atoms with van der Waals surface area (Å²) < 4.78 is 17.2. The first-order valence-corrected chi connectivity index (χ1v) is 14.0. The van der Waals surface area contributed by atoms with Gasteiger partial charge in [0.1, 0.15) is 36.2 Å². The molecule has 0 atom stereocenters. The normalized spacial score (nSPS) is 11.1. The van der Waals surface area contributed by atoms with E-state index in [-0.39, 0.29) is 41.6 Å². The maximum atomic E-state index is 12.7. The fourth-order valence-electron chi connectivity index (χ4n) is 4.06. The molecule has 0 heterocycles. The van der Waals surface area contributed by atoms with Crippen molar-refractivity contribution >= 4 is 11.9 Å². The molecule has 4 aromatic rings. The molecule has 248 valence electrons. The van der Waals surface area contributed by atoms with Crippen LogP contribution in [0.5, 0.6) is 34.5 Å². The molecule has 0 saturated carbocycles. The van der Waals surface area contributed by atoms with Gasteiger partial charge in [-0.25, -0.2) is 14.5 Å². The van der Waals surface area contributed by atoms with E-state index in [1.807, 2.05) is 13.8 Å². The second kappa shape index (κ2) is 16.3. The third kappa shape index (κ3) is 10.3. The Balaban J connectivity index is 1.23. The summed E-state index contributed by atoms with van der Waals surface area (Å²) in [4.78, 5) is 47.8. The summed E-state index contributed by atoms with van der Waals surface area (Å²) in [5.41, 5.74) is 0.293. The molecule has 4 rings (SSSR count). The van der Waals surface area contributed by atoms with Crippen molar-refractivity contribution < 1.29 is 63.8 Å². The topological polar surface area (TPSA) is 195 Å². The van der Waals surface area contributed by atoms with E-state index in [4.69, 9.17) is 35.1 Å². The van der Waals surface area contributed by atoms with Crippen LogP contribution in [0.3, 0.4) is 0 Å². The van der Waals surface area contributed by atoms with E-state index in [2.05, 4.69) is 14.8 Å². The lowest BCUT2D eigenvalue weighted by atomic mass is 9.96. The molecule has 4 aromatic carbocycles. The Bertz CT molecular complexity index is 1640. The predicted octanol–water partition coefficient (Wildman–Crippen LogP) is 5.48. The van der Waals surface area contributed by atoms with Crippen molar-refractivity contribution in [2.75, 3.05) is 13.2 Å². The first kappa shape index (κ1) is 34.5. The Morgan fingerprint density at radius 1 is 0.702 bits per heavy atom.